The van der Waals surface area contributed by atoms with Gasteiger partial charge in [0.15, 0.2) is 5.82 Å². The molecule has 0 spiro atoms. The first-order valence-corrected chi connectivity index (χ1v) is 4.03. The van der Waals surface area contributed by atoms with Crippen molar-refractivity contribution in [3.05, 3.63) is 11.8 Å². The summed E-state index contributed by atoms with van der Waals surface area (Å²) in [7, 11) is 0. The van der Waals surface area contributed by atoms with Gasteiger partial charge in [-0.2, -0.15) is 5.26 Å². The van der Waals surface area contributed by atoms with E-state index >= 15 is 0 Å². The van der Waals surface area contributed by atoms with Crippen LogP contribution in [0.25, 0.3) is 0 Å². The Morgan fingerprint density at radius 1 is 1.60 bits per heavy atom. The molecule has 0 saturated heterocycles. The highest BCUT2D eigenvalue weighted by atomic mass is 16.5. The average Bonchev–Trinajstić information content (AvgIpc) is 2.60. The summed E-state index contributed by atoms with van der Waals surface area (Å²) < 4.78 is 4.68. The van der Waals surface area contributed by atoms with E-state index < -0.39 is 11.8 Å². The van der Waals surface area contributed by atoms with Crippen molar-refractivity contribution >= 4 is 17.6 Å². The van der Waals surface area contributed by atoms with Gasteiger partial charge in [-0.15, -0.1) is 0 Å². The zero-order chi connectivity index (χ0) is 11.3. The molecular weight excluding hydrogens is 200 g/mol. The third-order valence-electron chi connectivity index (χ3n) is 1.40. The molecule has 0 saturated carbocycles. The molecule has 0 radical (unpaired) electrons. The SMILES string of the molecule is Cc1cc(NC(=O)C(=O)NCC#N)no1. The Hall–Kier alpha value is -2.36. The summed E-state index contributed by atoms with van der Waals surface area (Å²) in [5, 5.41) is 15.9. The highest BCUT2D eigenvalue weighted by Gasteiger charge is 2.14. The maximum atomic E-state index is 11.1. The first-order valence-electron chi connectivity index (χ1n) is 4.03. The van der Waals surface area contributed by atoms with Gasteiger partial charge >= 0.3 is 11.8 Å². The first-order chi connectivity index (χ1) is 7.13. The summed E-state index contributed by atoms with van der Waals surface area (Å²) in [6, 6.07) is 3.14. The van der Waals surface area contributed by atoms with Gasteiger partial charge in [-0.1, -0.05) is 5.16 Å². The molecule has 15 heavy (non-hydrogen) atoms. The third-order valence-corrected chi connectivity index (χ3v) is 1.40. The van der Waals surface area contributed by atoms with E-state index in [4.69, 9.17) is 5.26 Å². The van der Waals surface area contributed by atoms with Crippen molar-refractivity contribution in [1.29, 1.82) is 5.26 Å². The molecule has 0 aliphatic carbocycles. The normalized spacial score (nSPS) is 9.07. The fourth-order valence-corrected chi connectivity index (χ4v) is 0.798. The predicted molar refractivity (Wildman–Crippen MR) is 48.5 cm³/mol. The minimum absolute atomic E-state index is 0.157. The Morgan fingerprint density at radius 3 is 2.87 bits per heavy atom. The molecule has 0 aliphatic rings. The lowest BCUT2D eigenvalue weighted by atomic mass is 10.4. The van der Waals surface area contributed by atoms with Crippen molar-refractivity contribution in [2.75, 3.05) is 11.9 Å². The number of carbonyl (C=O) groups excluding carboxylic acids is 2. The molecule has 0 fully saturated rings. The lowest BCUT2D eigenvalue weighted by molar-refractivity contribution is -0.136. The van der Waals surface area contributed by atoms with Crippen LogP contribution >= 0.6 is 0 Å². The van der Waals surface area contributed by atoms with Crippen LogP contribution in [0, 0.1) is 18.3 Å². The number of nitrogens with one attached hydrogen (secondary N) is 2. The summed E-state index contributed by atoms with van der Waals surface area (Å²) in [6.07, 6.45) is 0. The molecule has 1 rings (SSSR count). The molecule has 1 heterocycles. The van der Waals surface area contributed by atoms with Crippen LogP contribution in [0.15, 0.2) is 10.6 Å². The fraction of sp³-hybridized carbons (Fsp3) is 0.250. The number of nitrogens with zero attached hydrogens (tertiary/aromatic N) is 2. The van der Waals surface area contributed by atoms with Crippen molar-refractivity contribution in [3.8, 4) is 6.07 Å². The van der Waals surface area contributed by atoms with Crippen molar-refractivity contribution < 1.29 is 14.1 Å². The number of aromatic nitrogens is 1. The summed E-state index contributed by atoms with van der Waals surface area (Å²) >= 11 is 0. The third kappa shape index (κ3) is 3.11. The summed E-state index contributed by atoms with van der Waals surface area (Å²) in [6.45, 7) is 1.43. The molecule has 0 unspecified atom stereocenters. The molecule has 1 aromatic rings. The quantitative estimate of drug-likeness (QED) is 0.506. The Kier molecular flexibility index (Phi) is 3.40. The minimum Gasteiger partial charge on any atom is -0.360 e. The van der Waals surface area contributed by atoms with E-state index in [2.05, 4.69) is 20.3 Å². The Morgan fingerprint density at radius 2 is 2.33 bits per heavy atom. The van der Waals surface area contributed by atoms with E-state index in [1.165, 1.54) is 6.07 Å². The van der Waals surface area contributed by atoms with Crippen LogP contribution in [0.1, 0.15) is 5.76 Å². The van der Waals surface area contributed by atoms with Crippen LogP contribution in [0.2, 0.25) is 0 Å². The molecule has 7 heteroatoms. The maximum absolute atomic E-state index is 11.1. The van der Waals surface area contributed by atoms with Crippen molar-refractivity contribution in [3.63, 3.8) is 0 Å². The first kappa shape index (κ1) is 10.7. The summed E-state index contributed by atoms with van der Waals surface area (Å²) in [5.41, 5.74) is 0. The van der Waals surface area contributed by atoms with Crippen molar-refractivity contribution in [2.45, 2.75) is 6.92 Å². The molecule has 7 nitrogen and oxygen atoms in total. The van der Waals surface area contributed by atoms with Crippen LogP contribution in [-0.4, -0.2) is 23.5 Å². The molecule has 1 aromatic heterocycles. The number of carbonyl (C=O) groups is 2. The van der Waals surface area contributed by atoms with Gasteiger partial charge in [-0.25, -0.2) is 0 Å². The average molecular weight is 208 g/mol. The van der Waals surface area contributed by atoms with E-state index in [0.717, 1.165) is 0 Å². The Labute approximate surface area is 85.0 Å². The number of amides is 2. The number of hydrogen-bond acceptors (Lipinski definition) is 5. The van der Waals surface area contributed by atoms with E-state index in [0.29, 0.717) is 5.76 Å². The van der Waals surface area contributed by atoms with Crippen LogP contribution < -0.4 is 10.6 Å². The van der Waals surface area contributed by atoms with Crippen molar-refractivity contribution in [1.82, 2.24) is 10.5 Å². The van der Waals surface area contributed by atoms with E-state index in [9.17, 15) is 9.59 Å². The minimum atomic E-state index is -0.891. The maximum Gasteiger partial charge on any atom is 0.314 e. The van der Waals surface area contributed by atoms with E-state index in [1.54, 1.807) is 13.0 Å². The second-order valence-corrected chi connectivity index (χ2v) is 2.62. The lowest BCUT2D eigenvalue weighted by Crippen LogP contribution is -2.35. The predicted octanol–water partition coefficient (Wildman–Crippen LogP) is -0.439. The number of nitriles is 1. The van der Waals surface area contributed by atoms with Gasteiger partial charge in [0.05, 0.1) is 6.07 Å². The van der Waals surface area contributed by atoms with Gasteiger partial charge in [-0.05, 0) is 6.92 Å². The lowest BCUT2D eigenvalue weighted by Gasteiger charge is -1.99. The topological polar surface area (TPSA) is 108 Å². The highest BCUT2D eigenvalue weighted by molar-refractivity contribution is 6.39. The van der Waals surface area contributed by atoms with Crippen LogP contribution in [0.4, 0.5) is 5.82 Å². The molecule has 0 aromatic carbocycles. The van der Waals surface area contributed by atoms with Crippen LogP contribution in [0.3, 0.4) is 0 Å². The second-order valence-electron chi connectivity index (χ2n) is 2.62. The summed E-state index contributed by atoms with van der Waals surface area (Å²) in [5.74, 6) is -1.11. The van der Waals surface area contributed by atoms with Gasteiger partial charge in [0.2, 0.25) is 0 Å². The standard InChI is InChI=1S/C8H8N4O3/c1-5-4-6(12-15-5)11-8(14)7(13)10-3-2-9/h4H,3H2,1H3,(H,10,13)(H,11,12,14). The molecule has 0 atom stereocenters. The molecule has 2 N–H and O–H groups in total. The molecule has 0 aliphatic heterocycles. The highest BCUT2D eigenvalue weighted by Crippen LogP contribution is 2.06. The number of hydrogen-bond donors (Lipinski definition) is 2. The number of anilines is 1. The molecular formula is C8H8N4O3. The smallest absolute Gasteiger partial charge is 0.314 e. The van der Waals surface area contributed by atoms with Gasteiger partial charge < -0.3 is 9.84 Å². The Bertz CT molecular complexity index is 418. The van der Waals surface area contributed by atoms with Gasteiger partial charge in [0.25, 0.3) is 0 Å². The second kappa shape index (κ2) is 4.76. The Balaban J connectivity index is 2.49. The fourth-order valence-electron chi connectivity index (χ4n) is 0.798. The van der Waals surface area contributed by atoms with E-state index in [-0.39, 0.29) is 12.4 Å². The zero-order valence-electron chi connectivity index (χ0n) is 7.90. The monoisotopic (exact) mass is 208 g/mol. The van der Waals surface area contributed by atoms with Gasteiger partial charge in [0.1, 0.15) is 12.3 Å². The van der Waals surface area contributed by atoms with Crippen LogP contribution in [0.5, 0.6) is 0 Å². The number of rotatable bonds is 2. The van der Waals surface area contributed by atoms with Crippen molar-refractivity contribution in [2.24, 2.45) is 0 Å². The zero-order valence-corrected chi connectivity index (χ0v) is 7.90. The molecule has 78 valence electrons. The summed E-state index contributed by atoms with van der Waals surface area (Å²) in [4.78, 5) is 22.1. The van der Waals surface area contributed by atoms with Gasteiger partial charge in [0, 0.05) is 6.07 Å². The molecule has 0 bridgehead atoms. The van der Waals surface area contributed by atoms with E-state index in [1.807, 2.05) is 0 Å². The largest absolute Gasteiger partial charge is 0.360 e. The van der Waals surface area contributed by atoms with Crippen LogP contribution in [-0.2, 0) is 9.59 Å². The molecule has 2 amide bonds. The number of aryl methyl sites for hydroxylation is 1. The van der Waals surface area contributed by atoms with Gasteiger partial charge in [-0.3, -0.25) is 14.9 Å².